The minimum atomic E-state index is 0.230. The van der Waals surface area contributed by atoms with E-state index in [0.29, 0.717) is 6.73 Å². The van der Waals surface area contributed by atoms with Crippen LogP contribution in [0.1, 0.15) is 19.4 Å². The Morgan fingerprint density at radius 2 is 1.82 bits per heavy atom. The van der Waals surface area contributed by atoms with Gasteiger partial charge in [-0.1, -0.05) is 12.1 Å². The highest BCUT2D eigenvalue weighted by Crippen LogP contribution is 2.14. The van der Waals surface area contributed by atoms with E-state index in [1.54, 1.807) is 7.11 Å². The van der Waals surface area contributed by atoms with Gasteiger partial charge in [-0.05, 0) is 45.0 Å². The lowest BCUT2D eigenvalue weighted by Gasteiger charge is -2.15. The maximum absolute atomic E-state index is 5.60. The molecule has 0 radical (unpaired) electrons. The molecule has 96 valence electrons. The molecule has 0 aliphatic carbocycles. The highest BCUT2D eigenvalue weighted by molar-refractivity contribution is 5.27. The van der Waals surface area contributed by atoms with Crippen molar-refractivity contribution in [2.75, 3.05) is 27.4 Å². The van der Waals surface area contributed by atoms with E-state index in [4.69, 9.17) is 9.47 Å². The van der Waals surface area contributed by atoms with Gasteiger partial charge >= 0.3 is 0 Å². The van der Waals surface area contributed by atoms with Crippen molar-refractivity contribution in [1.82, 2.24) is 4.90 Å². The van der Waals surface area contributed by atoms with Crippen molar-refractivity contribution >= 4 is 0 Å². The van der Waals surface area contributed by atoms with Gasteiger partial charge in [-0.2, -0.15) is 0 Å². The van der Waals surface area contributed by atoms with Crippen molar-refractivity contribution in [1.29, 1.82) is 0 Å². The van der Waals surface area contributed by atoms with Crippen molar-refractivity contribution in [2.24, 2.45) is 0 Å². The molecule has 0 saturated carbocycles. The van der Waals surface area contributed by atoms with E-state index in [9.17, 15) is 0 Å². The fourth-order valence-corrected chi connectivity index (χ4v) is 1.61. The summed E-state index contributed by atoms with van der Waals surface area (Å²) in [5.41, 5.74) is 1.32. The third-order valence-electron chi connectivity index (χ3n) is 2.43. The van der Waals surface area contributed by atoms with Crippen molar-refractivity contribution < 1.29 is 9.47 Å². The van der Waals surface area contributed by atoms with Gasteiger partial charge in [0.1, 0.15) is 5.75 Å². The van der Waals surface area contributed by atoms with Crippen molar-refractivity contribution in [3.8, 4) is 5.75 Å². The van der Waals surface area contributed by atoms with Crippen molar-refractivity contribution in [3.63, 3.8) is 0 Å². The lowest BCUT2D eigenvalue weighted by Crippen LogP contribution is -2.23. The second-order valence-electron chi connectivity index (χ2n) is 4.56. The summed E-state index contributed by atoms with van der Waals surface area (Å²) in [5.74, 6) is 0.939. The van der Waals surface area contributed by atoms with Gasteiger partial charge in [-0.25, -0.2) is 0 Å². The molecule has 1 aromatic carbocycles. The van der Waals surface area contributed by atoms with E-state index in [2.05, 4.69) is 24.1 Å². The summed E-state index contributed by atoms with van der Waals surface area (Å²) >= 11 is 0. The van der Waals surface area contributed by atoms with Crippen LogP contribution in [0, 0.1) is 0 Å². The molecule has 0 bridgehead atoms. The first-order valence-electron chi connectivity index (χ1n) is 6.05. The Morgan fingerprint density at radius 1 is 1.18 bits per heavy atom. The molecule has 0 N–H and O–H groups in total. The standard InChI is InChI=1S/C14H23NO2/c1-12(2)17-14-7-5-13(6-8-14)9-10-15(3)11-16-4/h5-8,12H,9-11H2,1-4H3. The van der Waals surface area contributed by atoms with Crippen LogP contribution in [-0.2, 0) is 11.2 Å². The van der Waals surface area contributed by atoms with E-state index >= 15 is 0 Å². The van der Waals surface area contributed by atoms with Crippen LogP contribution < -0.4 is 4.74 Å². The first-order chi connectivity index (χ1) is 8.11. The third-order valence-corrected chi connectivity index (χ3v) is 2.43. The molecular weight excluding hydrogens is 214 g/mol. The topological polar surface area (TPSA) is 21.7 Å². The number of ether oxygens (including phenoxy) is 2. The van der Waals surface area contributed by atoms with E-state index in [0.717, 1.165) is 18.7 Å². The fraction of sp³-hybridized carbons (Fsp3) is 0.571. The average molecular weight is 237 g/mol. The second-order valence-corrected chi connectivity index (χ2v) is 4.56. The summed E-state index contributed by atoms with van der Waals surface area (Å²) in [6.45, 7) is 5.74. The molecule has 0 saturated heterocycles. The number of methoxy groups -OCH3 is 1. The predicted molar refractivity (Wildman–Crippen MR) is 70.4 cm³/mol. The smallest absolute Gasteiger partial charge is 0.119 e. The molecule has 0 aromatic heterocycles. The van der Waals surface area contributed by atoms with Crippen LogP contribution in [0.4, 0.5) is 0 Å². The van der Waals surface area contributed by atoms with Crippen LogP contribution in [0.15, 0.2) is 24.3 Å². The molecule has 1 rings (SSSR count). The zero-order valence-electron chi connectivity index (χ0n) is 11.3. The summed E-state index contributed by atoms with van der Waals surface area (Å²) in [7, 11) is 3.77. The molecule has 0 aliphatic heterocycles. The summed E-state index contributed by atoms with van der Waals surface area (Å²) in [5, 5.41) is 0. The molecule has 1 aromatic rings. The number of nitrogens with zero attached hydrogens (tertiary/aromatic N) is 1. The van der Waals surface area contributed by atoms with Crippen LogP contribution in [0.3, 0.4) is 0 Å². The van der Waals surface area contributed by atoms with Crippen LogP contribution in [0.25, 0.3) is 0 Å². The van der Waals surface area contributed by atoms with E-state index in [1.165, 1.54) is 5.56 Å². The van der Waals surface area contributed by atoms with Crippen LogP contribution >= 0.6 is 0 Å². The Hall–Kier alpha value is -1.06. The number of benzene rings is 1. The highest BCUT2D eigenvalue weighted by Gasteiger charge is 2.00. The average Bonchev–Trinajstić information content (AvgIpc) is 2.28. The first kappa shape index (κ1) is 14.0. The van der Waals surface area contributed by atoms with Gasteiger partial charge in [0.25, 0.3) is 0 Å². The number of rotatable bonds is 7. The van der Waals surface area contributed by atoms with E-state index < -0.39 is 0 Å². The monoisotopic (exact) mass is 237 g/mol. The Labute approximate surface area is 104 Å². The van der Waals surface area contributed by atoms with Gasteiger partial charge in [-0.3, -0.25) is 4.90 Å². The Kier molecular flexibility index (Phi) is 6.01. The molecule has 0 heterocycles. The molecule has 17 heavy (non-hydrogen) atoms. The lowest BCUT2D eigenvalue weighted by molar-refractivity contribution is 0.0827. The molecule has 3 nitrogen and oxygen atoms in total. The highest BCUT2D eigenvalue weighted by atomic mass is 16.5. The van der Waals surface area contributed by atoms with Crippen molar-refractivity contribution in [2.45, 2.75) is 26.4 Å². The molecule has 0 unspecified atom stereocenters. The third kappa shape index (κ3) is 5.71. The zero-order chi connectivity index (χ0) is 12.7. The van der Waals surface area contributed by atoms with Crippen molar-refractivity contribution in [3.05, 3.63) is 29.8 Å². The summed E-state index contributed by atoms with van der Waals surface area (Å²) in [6.07, 6.45) is 1.26. The van der Waals surface area contributed by atoms with Gasteiger partial charge in [0.15, 0.2) is 0 Å². The van der Waals surface area contributed by atoms with Gasteiger partial charge in [0.2, 0.25) is 0 Å². The normalized spacial score (nSPS) is 11.2. The van der Waals surface area contributed by atoms with Gasteiger partial charge in [0.05, 0.1) is 12.8 Å². The van der Waals surface area contributed by atoms with Crippen LogP contribution in [0.5, 0.6) is 5.75 Å². The first-order valence-corrected chi connectivity index (χ1v) is 6.05. The van der Waals surface area contributed by atoms with E-state index in [1.807, 2.05) is 26.0 Å². The summed E-state index contributed by atoms with van der Waals surface area (Å²) in [6, 6.07) is 8.31. The maximum atomic E-state index is 5.60. The summed E-state index contributed by atoms with van der Waals surface area (Å²) < 4.78 is 10.7. The van der Waals surface area contributed by atoms with Crippen LogP contribution in [0.2, 0.25) is 0 Å². The quantitative estimate of drug-likeness (QED) is 0.680. The second kappa shape index (κ2) is 7.30. The molecule has 3 heteroatoms. The van der Waals surface area contributed by atoms with Gasteiger partial charge < -0.3 is 9.47 Å². The maximum Gasteiger partial charge on any atom is 0.119 e. The Balaban J connectivity index is 2.40. The number of hydrogen-bond donors (Lipinski definition) is 0. The zero-order valence-corrected chi connectivity index (χ0v) is 11.3. The minimum Gasteiger partial charge on any atom is -0.491 e. The molecular formula is C14H23NO2. The molecule has 0 fully saturated rings. The van der Waals surface area contributed by atoms with Gasteiger partial charge in [-0.15, -0.1) is 0 Å². The number of hydrogen-bond acceptors (Lipinski definition) is 3. The SMILES string of the molecule is COCN(C)CCc1ccc(OC(C)C)cc1. The largest absolute Gasteiger partial charge is 0.491 e. The number of likely N-dealkylation sites (N-methyl/N-ethyl adjacent to an activating group) is 1. The Bertz CT molecular complexity index is 309. The molecule has 0 amide bonds. The molecule has 0 atom stereocenters. The molecule has 0 spiro atoms. The molecule has 0 aliphatic rings. The minimum absolute atomic E-state index is 0.230. The van der Waals surface area contributed by atoms with Crippen LogP contribution in [-0.4, -0.2) is 38.4 Å². The summed E-state index contributed by atoms with van der Waals surface area (Å²) in [4.78, 5) is 2.15. The Morgan fingerprint density at radius 3 is 2.35 bits per heavy atom. The van der Waals surface area contributed by atoms with E-state index in [-0.39, 0.29) is 6.10 Å². The van der Waals surface area contributed by atoms with Gasteiger partial charge in [0, 0.05) is 13.7 Å². The fourth-order valence-electron chi connectivity index (χ4n) is 1.61. The lowest BCUT2D eigenvalue weighted by atomic mass is 10.1. The predicted octanol–water partition coefficient (Wildman–Crippen LogP) is 2.55.